The van der Waals surface area contributed by atoms with E-state index >= 15 is 0 Å². The van der Waals surface area contributed by atoms with Crippen molar-refractivity contribution < 1.29 is 14.7 Å². The number of halogens is 1. The molecule has 3 aromatic heterocycles. The number of rotatable bonds is 5. The highest BCUT2D eigenvalue weighted by Crippen LogP contribution is 2.24. The third kappa shape index (κ3) is 3.98. The van der Waals surface area contributed by atoms with Crippen molar-refractivity contribution in [3.8, 4) is 5.82 Å². The minimum atomic E-state index is -1.32. The number of amides is 1. The number of allylic oxidation sites excluding steroid dienone is 1. The van der Waals surface area contributed by atoms with E-state index in [1.165, 1.54) is 12.1 Å². The fourth-order valence-electron chi connectivity index (χ4n) is 2.23. The Kier molecular flexibility index (Phi) is 5.23. The first-order chi connectivity index (χ1) is 13.0. The van der Waals surface area contributed by atoms with Crippen molar-refractivity contribution in [2.24, 2.45) is 0 Å². The minimum absolute atomic E-state index is 0.00508. The molecule has 27 heavy (non-hydrogen) atoms. The molecule has 0 saturated heterocycles. The lowest BCUT2D eigenvalue weighted by atomic mass is 10.2. The second-order valence-electron chi connectivity index (χ2n) is 5.27. The Hall–Kier alpha value is -3.59. The van der Waals surface area contributed by atoms with E-state index in [1.807, 2.05) is 0 Å². The summed E-state index contributed by atoms with van der Waals surface area (Å²) in [5.41, 5.74) is 0.119. The Morgan fingerprint density at radius 1 is 1.30 bits per heavy atom. The Morgan fingerprint density at radius 3 is 2.70 bits per heavy atom. The van der Waals surface area contributed by atoms with Gasteiger partial charge in [-0.2, -0.15) is 0 Å². The van der Waals surface area contributed by atoms with E-state index in [0.717, 1.165) is 0 Å². The molecule has 9 nitrogen and oxygen atoms in total. The third-order valence-corrected chi connectivity index (χ3v) is 3.75. The number of carbonyl (C=O) groups excluding carboxylic acids is 1. The van der Waals surface area contributed by atoms with Crippen molar-refractivity contribution >= 4 is 35.2 Å². The number of nitrogens with zero attached hydrogens (tertiary/aromatic N) is 5. The maximum Gasteiger partial charge on any atom is 0.356 e. The van der Waals surface area contributed by atoms with E-state index in [2.05, 4.69) is 25.5 Å². The number of hydrogen-bond donors (Lipinski definition) is 2. The Labute approximate surface area is 158 Å². The van der Waals surface area contributed by atoms with Crippen LogP contribution in [0.4, 0.5) is 5.69 Å². The molecule has 0 aromatic carbocycles. The molecular weight excluding hydrogens is 372 g/mol. The van der Waals surface area contributed by atoms with Crippen LogP contribution in [0.2, 0.25) is 5.15 Å². The molecule has 3 rings (SSSR count). The van der Waals surface area contributed by atoms with Crippen LogP contribution in [-0.4, -0.2) is 41.7 Å². The zero-order chi connectivity index (χ0) is 19.4. The Morgan fingerprint density at radius 2 is 2.11 bits per heavy atom. The zero-order valence-corrected chi connectivity index (χ0v) is 14.8. The molecule has 0 radical (unpaired) electrons. The van der Waals surface area contributed by atoms with Gasteiger partial charge in [0.25, 0.3) is 5.91 Å². The number of carboxylic acids is 1. The van der Waals surface area contributed by atoms with Crippen LogP contribution >= 0.6 is 11.6 Å². The molecule has 0 bridgehead atoms. The van der Waals surface area contributed by atoms with Crippen LogP contribution in [0, 0.1) is 0 Å². The van der Waals surface area contributed by atoms with Crippen molar-refractivity contribution in [1.82, 2.24) is 24.7 Å². The van der Waals surface area contributed by atoms with E-state index < -0.39 is 11.9 Å². The third-order valence-electron chi connectivity index (χ3n) is 3.45. The fourth-order valence-corrected chi connectivity index (χ4v) is 2.43. The maximum absolute atomic E-state index is 12.4. The summed E-state index contributed by atoms with van der Waals surface area (Å²) in [4.78, 5) is 31.6. The van der Waals surface area contributed by atoms with Gasteiger partial charge in [0.15, 0.2) is 17.2 Å². The van der Waals surface area contributed by atoms with Crippen molar-refractivity contribution in [2.45, 2.75) is 6.92 Å². The molecule has 0 unspecified atom stereocenters. The summed E-state index contributed by atoms with van der Waals surface area (Å²) in [7, 11) is 0. The van der Waals surface area contributed by atoms with Crippen LogP contribution in [0.3, 0.4) is 0 Å². The predicted octanol–water partition coefficient (Wildman–Crippen LogP) is 2.69. The average molecular weight is 385 g/mol. The standard InChI is InChI=1S/C17H13ClN6O3/c1-2-3-10-8-12(14(17(26)27)21-15(10)18)20-16(25)11-4-5-13(23-22-11)24-7-6-19-9-24/h2-9H,1H3,(H,20,25)(H,26,27)/b3-2+. The van der Waals surface area contributed by atoms with Gasteiger partial charge in [0.1, 0.15) is 11.5 Å². The molecule has 0 spiro atoms. The Bertz CT molecular complexity index is 1020. The molecule has 1 amide bonds. The number of carbonyl (C=O) groups is 2. The molecule has 0 atom stereocenters. The summed E-state index contributed by atoms with van der Waals surface area (Å²) in [5.74, 6) is -1.46. The summed E-state index contributed by atoms with van der Waals surface area (Å²) < 4.78 is 1.63. The number of pyridine rings is 1. The van der Waals surface area contributed by atoms with Crippen LogP contribution in [0.5, 0.6) is 0 Å². The first-order valence-electron chi connectivity index (χ1n) is 7.69. The average Bonchev–Trinajstić information content (AvgIpc) is 3.19. The number of imidazole rings is 1. The highest BCUT2D eigenvalue weighted by molar-refractivity contribution is 6.31. The summed E-state index contributed by atoms with van der Waals surface area (Å²) in [6.45, 7) is 1.77. The largest absolute Gasteiger partial charge is 0.476 e. The van der Waals surface area contributed by atoms with Gasteiger partial charge in [0.05, 0.1) is 5.69 Å². The van der Waals surface area contributed by atoms with Crippen LogP contribution in [0.25, 0.3) is 11.9 Å². The maximum atomic E-state index is 12.4. The number of aromatic carboxylic acids is 1. The van der Waals surface area contributed by atoms with Crippen LogP contribution < -0.4 is 5.32 Å². The monoisotopic (exact) mass is 384 g/mol. The molecule has 10 heteroatoms. The van der Waals surface area contributed by atoms with Gasteiger partial charge in [-0.3, -0.25) is 9.36 Å². The van der Waals surface area contributed by atoms with Gasteiger partial charge >= 0.3 is 5.97 Å². The summed E-state index contributed by atoms with van der Waals surface area (Å²) in [6.07, 6.45) is 8.19. The number of nitrogens with one attached hydrogen (secondary N) is 1. The quantitative estimate of drug-likeness (QED) is 0.648. The molecule has 0 aliphatic rings. The molecular formula is C17H13ClN6O3. The number of aromatic nitrogens is 5. The highest BCUT2D eigenvalue weighted by atomic mass is 35.5. The van der Waals surface area contributed by atoms with Gasteiger partial charge in [-0.25, -0.2) is 14.8 Å². The molecule has 0 fully saturated rings. The number of carboxylic acid groups (broad SMARTS) is 1. The molecule has 3 heterocycles. The lowest BCUT2D eigenvalue weighted by Crippen LogP contribution is -2.18. The highest BCUT2D eigenvalue weighted by Gasteiger charge is 2.19. The van der Waals surface area contributed by atoms with Gasteiger partial charge in [-0.15, -0.1) is 10.2 Å². The molecule has 3 aromatic rings. The second kappa shape index (κ2) is 7.75. The summed E-state index contributed by atoms with van der Waals surface area (Å²) in [6, 6.07) is 4.49. The van der Waals surface area contributed by atoms with Crippen molar-refractivity contribution in [2.75, 3.05) is 5.32 Å². The number of hydrogen-bond acceptors (Lipinski definition) is 6. The van der Waals surface area contributed by atoms with Crippen molar-refractivity contribution in [1.29, 1.82) is 0 Å². The van der Waals surface area contributed by atoms with Crippen LogP contribution in [-0.2, 0) is 0 Å². The fraction of sp³-hybridized carbons (Fsp3) is 0.0588. The van der Waals surface area contributed by atoms with Gasteiger partial charge < -0.3 is 10.4 Å². The summed E-state index contributed by atoms with van der Waals surface area (Å²) >= 11 is 5.98. The zero-order valence-electron chi connectivity index (χ0n) is 14.0. The Balaban J connectivity index is 1.88. The first-order valence-corrected chi connectivity index (χ1v) is 8.07. The SMILES string of the molecule is C/C=C/c1cc(NC(=O)c2ccc(-n3ccnc3)nn2)c(C(=O)O)nc1Cl. The predicted molar refractivity (Wildman–Crippen MR) is 98.0 cm³/mol. The summed E-state index contributed by atoms with van der Waals surface area (Å²) in [5, 5.41) is 19.6. The minimum Gasteiger partial charge on any atom is -0.476 e. The van der Waals surface area contributed by atoms with Gasteiger partial charge in [0, 0.05) is 18.0 Å². The second-order valence-corrected chi connectivity index (χ2v) is 5.63. The van der Waals surface area contributed by atoms with E-state index in [1.54, 1.807) is 48.4 Å². The lowest BCUT2D eigenvalue weighted by Gasteiger charge is -2.10. The van der Waals surface area contributed by atoms with Gasteiger partial charge in [-0.05, 0) is 25.1 Å². The van der Waals surface area contributed by atoms with Crippen LogP contribution in [0.15, 0.2) is 43.0 Å². The molecule has 0 aliphatic heterocycles. The first kappa shape index (κ1) is 18.2. The smallest absolute Gasteiger partial charge is 0.356 e. The van der Waals surface area contributed by atoms with E-state index in [9.17, 15) is 14.7 Å². The van der Waals surface area contributed by atoms with Gasteiger partial charge in [-0.1, -0.05) is 23.8 Å². The molecule has 136 valence electrons. The molecule has 0 aliphatic carbocycles. The van der Waals surface area contributed by atoms with Crippen molar-refractivity contribution in [3.63, 3.8) is 0 Å². The number of anilines is 1. The van der Waals surface area contributed by atoms with Crippen LogP contribution in [0.1, 0.15) is 33.5 Å². The lowest BCUT2D eigenvalue weighted by molar-refractivity contribution is 0.0691. The van der Waals surface area contributed by atoms with Gasteiger partial charge in [0.2, 0.25) is 0 Å². The van der Waals surface area contributed by atoms with E-state index in [4.69, 9.17) is 11.6 Å². The topological polar surface area (TPSA) is 123 Å². The normalized spacial score (nSPS) is 10.9. The van der Waals surface area contributed by atoms with E-state index in [0.29, 0.717) is 11.4 Å². The molecule has 2 N–H and O–H groups in total. The molecule has 0 saturated carbocycles. The van der Waals surface area contributed by atoms with E-state index in [-0.39, 0.29) is 22.2 Å². The van der Waals surface area contributed by atoms with Crippen molar-refractivity contribution in [3.05, 3.63) is 65.1 Å².